The van der Waals surface area contributed by atoms with Crippen molar-refractivity contribution in [1.82, 2.24) is 14.8 Å². The molecule has 0 spiro atoms. The van der Waals surface area contributed by atoms with Crippen LogP contribution in [0.15, 0.2) is 24.4 Å². The molecule has 3 aromatic rings. The Hall–Kier alpha value is -2.64. The van der Waals surface area contributed by atoms with Crippen molar-refractivity contribution < 1.29 is 23.7 Å². The van der Waals surface area contributed by atoms with Gasteiger partial charge in [-0.3, -0.25) is 4.68 Å². The molecular weight excluding hydrogens is 454 g/mol. The van der Waals surface area contributed by atoms with Crippen molar-refractivity contribution in [3.63, 3.8) is 0 Å². The third-order valence-corrected chi connectivity index (χ3v) is 7.03. The van der Waals surface area contributed by atoms with Crippen LogP contribution >= 0.6 is 11.3 Å². The fourth-order valence-corrected chi connectivity index (χ4v) is 4.80. The molecule has 9 nitrogen and oxygen atoms in total. The Morgan fingerprint density at radius 2 is 2.03 bits per heavy atom. The minimum atomic E-state index is -1.38. The number of rotatable bonds is 5. The van der Waals surface area contributed by atoms with E-state index >= 15 is 0 Å². The standard InChI is InChI=1S/C21H26F2N6O3S/c1-9-21(2,31)14(24)7-13(32-9)17-12(8-26-29(17)3)27-19(30)16-18(25)33-20(28-16)15-10(22)5-4-6-11(15)23/h4-6,8-9,13-14,19,27,30-31H,7,24-25H2,1-3H3/t9-,13-,14-,19?,21-/m1/s1. The first-order chi connectivity index (χ1) is 15.5. The lowest BCUT2D eigenvalue weighted by Gasteiger charge is -2.43. The predicted molar refractivity (Wildman–Crippen MR) is 120 cm³/mol. The topological polar surface area (TPSA) is 144 Å². The first-order valence-electron chi connectivity index (χ1n) is 10.3. The summed E-state index contributed by atoms with van der Waals surface area (Å²) >= 11 is 0.869. The molecule has 1 aromatic carbocycles. The zero-order chi connectivity index (χ0) is 24.1. The van der Waals surface area contributed by atoms with Gasteiger partial charge in [0.05, 0.1) is 29.2 Å². The Labute approximate surface area is 193 Å². The number of nitrogens with two attached hydrogens (primary N) is 2. The highest BCUT2D eigenvalue weighted by Crippen LogP contribution is 2.40. The summed E-state index contributed by atoms with van der Waals surface area (Å²) in [6.45, 7) is 3.37. The van der Waals surface area contributed by atoms with Gasteiger partial charge in [0.15, 0.2) is 6.23 Å². The zero-order valence-electron chi connectivity index (χ0n) is 18.3. The van der Waals surface area contributed by atoms with Gasteiger partial charge in [-0.2, -0.15) is 5.10 Å². The number of halogens is 2. The number of nitrogen functional groups attached to an aromatic ring is 1. The second-order valence-corrected chi connectivity index (χ2v) is 9.34. The SMILES string of the molecule is C[C@H]1O[C@@H](c2c(NC(O)c3nc(-c4c(F)cccc4F)sc3N)cnn2C)C[C@@H](N)[C@]1(C)O. The minimum Gasteiger partial charge on any atom is -0.389 e. The molecule has 0 saturated carbocycles. The second kappa shape index (κ2) is 8.61. The van der Waals surface area contributed by atoms with E-state index in [0.717, 1.165) is 23.5 Å². The number of ether oxygens (including phenoxy) is 1. The van der Waals surface area contributed by atoms with Crippen LogP contribution in [0.4, 0.5) is 19.5 Å². The van der Waals surface area contributed by atoms with Gasteiger partial charge in [-0.25, -0.2) is 13.8 Å². The first kappa shape index (κ1) is 23.5. The summed E-state index contributed by atoms with van der Waals surface area (Å²) < 4.78 is 35.9. The van der Waals surface area contributed by atoms with Crippen molar-refractivity contribution >= 4 is 22.0 Å². The molecule has 178 valence electrons. The smallest absolute Gasteiger partial charge is 0.171 e. The fourth-order valence-electron chi connectivity index (χ4n) is 3.89. The quantitative estimate of drug-likeness (QED) is 0.350. The van der Waals surface area contributed by atoms with E-state index in [-0.39, 0.29) is 21.3 Å². The molecule has 1 aliphatic heterocycles. The molecule has 1 aliphatic rings. The van der Waals surface area contributed by atoms with Gasteiger partial charge >= 0.3 is 0 Å². The van der Waals surface area contributed by atoms with E-state index in [2.05, 4.69) is 15.4 Å². The number of nitrogens with one attached hydrogen (secondary N) is 1. The average molecular weight is 481 g/mol. The van der Waals surface area contributed by atoms with Crippen LogP contribution in [0.5, 0.6) is 0 Å². The van der Waals surface area contributed by atoms with Crippen LogP contribution in [0.2, 0.25) is 0 Å². The lowest BCUT2D eigenvalue weighted by Crippen LogP contribution is -2.58. The van der Waals surface area contributed by atoms with Gasteiger partial charge < -0.3 is 31.7 Å². The van der Waals surface area contributed by atoms with Gasteiger partial charge in [0.2, 0.25) is 0 Å². The molecule has 0 aliphatic carbocycles. The molecule has 3 heterocycles. The van der Waals surface area contributed by atoms with E-state index in [4.69, 9.17) is 16.2 Å². The maximum absolute atomic E-state index is 14.2. The monoisotopic (exact) mass is 480 g/mol. The zero-order valence-corrected chi connectivity index (χ0v) is 19.1. The molecule has 1 unspecified atom stereocenters. The second-order valence-electron chi connectivity index (χ2n) is 8.31. The highest BCUT2D eigenvalue weighted by molar-refractivity contribution is 7.18. The normalized spacial score (nSPS) is 26.4. The summed E-state index contributed by atoms with van der Waals surface area (Å²) in [4.78, 5) is 4.18. The first-order valence-corrected chi connectivity index (χ1v) is 11.1. The summed E-state index contributed by atoms with van der Waals surface area (Å²) in [5, 5.41) is 28.6. The van der Waals surface area contributed by atoms with E-state index < -0.39 is 41.7 Å². The Balaban J connectivity index is 1.60. The largest absolute Gasteiger partial charge is 0.389 e. The number of anilines is 2. The van der Waals surface area contributed by atoms with Crippen molar-refractivity contribution in [2.24, 2.45) is 12.8 Å². The van der Waals surface area contributed by atoms with E-state index in [9.17, 15) is 19.0 Å². The van der Waals surface area contributed by atoms with Gasteiger partial charge in [0.25, 0.3) is 0 Å². The minimum absolute atomic E-state index is 0.0167. The Morgan fingerprint density at radius 1 is 1.36 bits per heavy atom. The van der Waals surface area contributed by atoms with E-state index in [1.54, 1.807) is 25.6 Å². The molecule has 1 saturated heterocycles. The van der Waals surface area contributed by atoms with Crippen molar-refractivity contribution in [2.45, 2.75) is 50.3 Å². The number of aliphatic hydroxyl groups is 2. The van der Waals surface area contributed by atoms with E-state index in [1.807, 2.05) is 0 Å². The molecular formula is C21H26F2N6O3S. The van der Waals surface area contributed by atoms with Crippen LogP contribution < -0.4 is 16.8 Å². The Kier molecular flexibility index (Phi) is 6.14. The number of aryl methyl sites for hydroxylation is 1. The number of thiazole rings is 1. The lowest BCUT2D eigenvalue weighted by atomic mass is 9.84. The van der Waals surface area contributed by atoms with Crippen LogP contribution in [-0.4, -0.2) is 42.7 Å². The highest BCUT2D eigenvalue weighted by atomic mass is 32.1. The number of aromatic nitrogens is 3. The number of nitrogens with zero attached hydrogens (tertiary/aromatic N) is 3. The van der Waals surface area contributed by atoms with Crippen molar-refractivity contribution in [1.29, 1.82) is 0 Å². The predicted octanol–water partition coefficient (Wildman–Crippen LogP) is 2.44. The molecule has 2 aromatic heterocycles. The Morgan fingerprint density at radius 3 is 2.67 bits per heavy atom. The molecule has 33 heavy (non-hydrogen) atoms. The maximum atomic E-state index is 14.2. The molecule has 12 heteroatoms. The lowest BCUT2D eigenvalue weighted by molar-refractivity contribution is -0.172. The maximum Gasteiger partial charge on any atom is 0.171 e. The molecule has 7 N–H and O–H groups in total. The van der Waals surface area contributed by atoms with E-state index in [0.29, 0.717) is 17.8 Å². The van der Waals surface area contributed by atoms with Crippen molar-refractivity contribution in [2.75, 3.05) is 11.1 Å². The fraction of sp³-hybridized carbons (Fsp3) is 0.429. The van der Waals surface area contributed by atoms with Crippen LogP contribution in [0, 0.1) is 11.6 Å². The van der Waals surface area contributed by atoms with Crippen LogP contribution in [-0.2, 0) is 11.8 Å². The van der Waals surface area contributed by atoms with Gasteiger partial charge in [0, 0.05) is 13.1 Å². The molecule has 0 bridgehead atoms. The van der Waals surface area contributed by atoms with Gasteiger partial charge in [-0.15, -0.1) is 0 Å². The number of hydrogen-bond acceptors (Lipinski definition) is 9. The summed E-state index contributed by atoms with van der Waals surface area (Å²) in [6.07, 6.45) is -0.576. The van der Waals surface area contributed by atoms with Crippen molar-refractivity contribution in [3.8, 4) is 10.6 Å². The average Bonchev–Trinajstić information content (AvgIpc) is 3.28. The van der Waals surface area contributed by atoms with Crippen LogP contribution in [0.25, 0.3) is 10.6 Å². The van der Waals surface area contributed by atoms with Gasteiger partial charge in [-0.1, -0.05) is 17.4 Å². The number of aliphatic hydroxyl groups excluding tert-OH is 1. The van der Waals surface area contributed by atoms with Gasteiger partial charge in [0.1, 0.15) is 39.0 Å². The van der Waals surface area contributed by atoms with E-state index in [1.165, 1.54) is 12.3 Å². The third kappa shape index (κ3) is 4.20. The van der Waals surface area contributed by atoms with Crippen LogP contribution in [0.1, 0.15) is 44.0 Å². The van der Waals surface area contributed by atoms with Crippen molar-refractivity contribution in [3.05, 3.63) is 47.4 Å². The molecule has 1 fully saturated rings. The number of hydrogen-bond donors (Lipinski definition) is 5. The molecule has 5 atom stereocenters. The van der Waals surface area contributed by atoms with Gasteiger partial charge in [-0.05, 0) is 32.4 Å². The summed E-state index contributed by atoms with van der Waals surface area (Å²) in [5.74, 6) is -1.55. The third-order valence-electron chi connectivity index (χ3n) is 6.11. The van der Waals surface area contributed by atoms with Crippen LogP contribution in [0.3, 0.4) is 0 Å². The molecule has 4 rings (SSSR count). The highest BCUT2D eigenvalue weighted by Gasteiger charge is 2.44. The molecule has 0 amide bonds. The summed E-state index contributed by atoms with van der Waals surface area (Å²) in [6, 6.07) is 2.97. The summed E-state index contributed by atoms with van der Waals surface area (Å²) in [5.41, 5.74) is 11.8. The Bertz CT molecular complexity index is 1130. The molecule has 0 radical (unpaired) electrons. The number of benzene rings is 1. The summed E-state index contributed by atoms with van der Waals surface area (Å²) in [7, 11) is 1.72.